The van der Waals surface area contributed by atoms with Crippen molar-refractivity contribution in [3.63, 3.8) is 0 Å². The Balaban J connectivity index is 1.77. The Morgan fingerprint density at radius 2 is 1.72 bits per heavy atom. The fraction of sp³-hybridized carbons (Fsp3) is 0.118. The first-order valence-electron chi connectivity index (χ1n) is 7.58. The molecule has 25 heavy (non-hydrogen) atoms. The van der Waals surface area contributed by atoms with Gasteiger partial charge in [0.1, 0.15) is 5.69 Å². The van der Waals surface area contributed by atoms with Crippen molar-refractivity contribution >= 4 is 49.8 Å². The van der Waals surface area contributed by atoms with Gasteiger partial charge >= 0.3 is 0 Å². The van der Waals surface area contributed by atoms with Crippen LogP contribution in [0, 0.1) is 0 Å². The second-order valence-corrected chi connectivity index (χ2v) is 7.79. The van der Waals surface area contributed by atoms with E-state index in [2.05, 4.69) is 15.0 Å². The van der Waals surface area contributed by atoms with E-state index in [9.17, 15) is 13.2 Å². The summed E-state index contributed by atoms with van der Waals surface area (Å²) in [6, 6.07) is 13.8. The molecule has 3 N–H and O–H groups in total. The summed E-state index contributed by atoms with van der Waals surface area (Å²) in [6.07, 6.45) is 0. The molecule has 3 aromatic rings. The van der Waals surface area contributed by atoms with E-state index in [1.165, 1.54) is 0 Å². The van der Waals surface area contributed by atoms with Crippen molar-refractivity contribution in [2.24, 2.45) is 0 Å². The number of aromatic amines is 1. The van der Waals surface area contributed by atoms with E-state index in [-0.39, 0.29) is 17.4 Å². The molecule has 0 aliphatic heterocycles. The fourth-order valence-electron chi connectivity index (χ4n) is 2.33. The highest BCUT2D eigenvalue weighted by molar-refractivity contribution is 7.92. The van der Waals surface area contributed by atoms with E-state index < -0.39 is 10.0 Å². The van der Waals surface area contributed by atoms with Gasteiger partial charge in [0.15, 0.2) is 0 Å². The highest BCUT2D eigenvalue weighted by atomic mass is 35.5. The number of halogens is 1. The Morgan fingerprint density at radius 3 is 2.36 bits per heavy atom. The molecule has 0 aliphatic rings. The number of carbonyl (C=O) groups excluding carboxylic acids is 1. The number of sulfonamides is 1. The number of benzene rings is 2. The van der Waals surface area contributed by atoms with E-state index in [0.29, 0.717) is 16.4 Å². The summed E-state index contributed by atoms with van der Waals surface area (Å²) >= 11 is 6.26. The SMILES string of the molecule is CCS(=O)(=O)Nc1ccc(NC(=O)c2[nH]c3ccccc3c2Cl)cc1. The van der Waals surface area contributed by atoms with Gasteiger partial charge in [-0.1, -0.05) is 29.8 Å². The van der Waals surface area contributed by atoms with Crippen molar-refractivity contribution < 1.29 is 13.2 Å². The zero-order valence-corrected chi connectivity index (χ0v) is 14.9. The third-order valence-corrected chi connectivity index (χ3v) is 5.37. The fourth-order valence-corrected chi connectivity index (χ4v) is 3.27. The monoisotopic (exact) mass is 377 g/mol. The molecule has 0 saturated heterocycles. The molecule has 2 aromatic carbocycles. The Kier molecular flexibility index (Phi) is 4.69. The zero-order chi connectivity index (χ0) is 18.0. The van der Waals surface area contributed by atoms with Crippen molar-refractivity contribution in [3.8, 4) is 0 Å². The number of anilines is 2. The average Bonchev–Trinajstić information content (AvgIpc) is 2.94. The van der Waals surface area contributed by atoms with Gasteiger partial charge in [-0.3, -0.25) is 9.52 Å². The van der Waals surface area contributed by atoms with Crippen molar-refractivity contribution in [2.75, 3.05) is 15.8 Å². The molecule has 8 heteroatoms. The molecule has 0 bridgehead atoms. The number of rotatable bonds is 5. The smallest absolute Gasteiger partial charge is 0.273 e. The Bertz CT molecular complexity index is 1030. The van der Waals surface area contributed by atoms with Crippen molar-refractivity contribution in [2.45, 2.75) is 6.92 Å². The van der Waals surface area contributed by atoms with Gasteiger partial charge in [-0.05, 0) is 37.3 Å². The highest BCUT2D eigenvalue weighted by Gasteiger charge is 2.16. The summed E-state index contributed by atoms with van der Waals surface area (Å²) in [7, 11) is -3.33. The lowest BCUT2D eigenvalue weighted by molar-refractivity contribution is 0.102. The van der Waals surface area contributed by atoms with E-state index in [1.807, 2.05) is 24.3 Å². The molecule has 0 atom stereocenters. The molecule has 0 fully saturated rings. The maximum atomic E-state index is 12.4. The lowest BCUT2D eigenvalue weighted by Gasteiger charge is -2.08. The molecule has 1 aromatic heterocycles. The molecule has 0 unspecified atom stereocenters. The summed E-state index contributed by atoms with van der Waals surface area (Å²) in [5.74, 6) is -0.382. The number of carbonyl (C=O) groups is 1. The minimum atomic E-state index is -3.33. The molecule has 3 rings (SSSR count). The number of nitrogens with one attached hydrogen (secondary N) is 3. The van der Waals surface area contributed by atoms with Gasteiger partial charge in [-0.2, -0.15) is 0 Å². The minimum Gasteiger partial charge on any atom is -0.349 e. The Morgan fingerprint density at radius 1 is 1.08 bits per heavy atom. The summed E-state index contributed by atoms with van der Waals surface area (Å²) < 4.78 is 25.5. The van der Waals surface area contributed by atoms with Crippen LogP contribution in [0.5, 0.6) is 0 Å². The van der Waals surface area contributed by atoms with Crippen LogP contribution >= 0.6 is 11.6 Å². The molecule has 0 saturated carbocycles. The average molecular weight is 378 g/mol. The van der Waals surface area contributed by atoms with Gasteiger partial charge in [0.25, 0.3) is 5.91 Å². The Labute approximate surface area is 150 Å². The zero-order valence-electron chi connectivity index (χ0n) is 13.3. The van der Waals surface area contributed by atoms with Crippen LogP contribution in [-0.4, -0.2) is 25.1 Å². The molecule has 130 valence electrons. The van der Waals surface area contributed by atoms with Crippen LogP contribution in [0.25, 0.3) is 10.9 Å². The van der Waals surface area contributed by atoms with Crippen molar-refractivity contribution in [3.05, 3.63) is 59.2 Å². The van der Waals surface area contributed by atoms with Crippen LogP contribution in [-0.2, 0) is 10.0 Å². The first-order valence-corrected chi connectivity index (χ1v) is 9.61. The number of amides is 1. The van der Waals surface area contributed by atoms with Gasteiger partial charge in [0.05, 0.1) is 10.8 Å². The van der Waals surface area contributed by atoms with Crippen LogP contribution < -0.4 is 10.0 Å². The molecular formula is C17H16ClN3O3S. The largest absolute Gasteiger partial charge is 0.349 e. The quantitative estimate of drug-likeness (QED) is 0.631. The summed E-state index contributed by atoms with van der Waals surface area (Å²) in [5, 5.41) is 3.87. The molecule has 0 spiro atoms. The predicted molar refractivity (Wildman–Crippen MR) is 101 cm³/mol. The minimum absolute atomic E-state index is 0.00955. The molecule has 0 radical (unpaired) electrons. The van der Waals surface area contributed by atoms with E-state index in [4.69, 9.17) is 11.6 Å². The van der Waals surface area contributed by atoms with Crippen LogP contribution in [0.4, 0.5) is 11.4 Å². The van der Waals surface area contributed by atoms with E-state index >= 15 is 0 Å². The van der Waals surface area contributed by atoms with Crippen LogP contribution in [0.2, 0.25) is 5.02 Å². The molecule has 0 aliphatic carbocycles. The van der Waals surface area contributed by atoms with E-state index in [1.54, 1.807) is 31.2 Å². The number of hydrogen-bond acceptors (Lipinski definition) is 3. The van der Waals surface area contributed by atoms with Crippen LogP contribution in [0.15, 0.2) is 48.5 Å². The normalized spacial score (nSPS) is 11.4. The number of para-hydroxylation sites is 1. The third kappa shape index (κ3) is 3.78. The van der Waals surface area contributed by atoms with Crippen molar-refractivity contribution in [1.29, 1.82) is 0 Å². The van der Waals surface area contributed by atoms with Gasteiger partial charge in [0.2, 0.25) is 10.0 Å². The van der Waals surface area contributed by atoms with Gasteiger partial charge in [-0.15, -0.1) is 0 Å². The van der Waals surface area contributed by atoms with Crippen molar-refractivity contribution in [1.82, 2.24) is 4.98 Å². The highest BCUT2D eigenvalue weighted by Crippen LogP contribution is 2.27. The first kappa shape index (κ1) is 17.3. The third-order valence-electron chi connectivity index (χ3n) is 3.67. The standard InChI is InChI=1S/C17H16ClN3O3S/c1-2-25(23,24)21-12-9-7-11(8-10-12)19-17(22)16-15(18)13-5-3-4-6-14(13)20-16/h3-10,20-21H,2H2,1H3,(H,19,22). The Hall–Kier alpha value is -2.51. The van der Waals surface area contributed by atoms with Crippen LogP contribution in [0.1, 0.15) is 17.4 Å². The topological polar surface area (TPSA) is 91.1 Å². The lowest BCUT2D eigenvalue weighted by Crippen LogP contribution is -2.15. The number of H-pyrrole nitrogens is 1. The summed E-state index contributed by atoms with van der Waals surface area (Å²) in [5.41, 5.74) is 2.02. The second kappa shape index (κ2) is 6.78. The van der Waals surface area contributed by atoms with Gasteiger partial charge in [0, 0.05) is 22.3 Å². The second-order valence-electron chi connectivity index (χ2n) is 5.40. The molecule has 1 amide bonds. The molecular weight excluding hydrogens is 362 g/mol. The summed E-state index contributed by atoms with van der Waals surface area (Å²) in [6.45, 7) is 1.56. The van der Waals surface area contributed by atoms with Gasteiger partial charge in [-0.25, -0.2) is 8.42 Å². The lowest BCUT2D eigenvalue weighted by atomic mass is 10.2. The first-order chi connectivity index (χ1) is 11.9. The summed E-state index contributed by atoms with van der Waals surface area (Å²) in [4.78, 5) is 15.4. The number of fused-ring (bicyclic) bond motifs is 1. The number of hydrogen-bond donors (Lipinski definition) is 3. The van der Waals surface area contributed by atoms with E-state index in [0.717, 1.165) is 10.9 Å². The van der Waals surface area contributed by atoms with Crippen LogP contribution in [0.3, 0.4) is 0 Å². The predicted octanol–water partition coefficient (Wildman–Crippen LogP) is 3.84. The number of aromatic nitrogens is 1. The van der Waals surface area contributed by atoms with Gasteiger partial charge < -0.3 is 10.3 Å². The maximum Gasteiger partial charge on any atom is 0.273 e. The molecule has 6 nitrogen and oxygen atoms in total. The molecule has 1 heterocycles. The maximum absolute atomic E-state index is 12.4.